The van der Waals surface area contributed by atoms with Gasteiger partial charge in [-0.2, -0.15) is 0 Å². The van der Waals surface area contributed by atoms with Gasteiger partial charge in [0.2, 0.25) is 0 Å². The Hall–Kier alpha value is -0.763. The predicted molar refractivity (Wildman–Crippen MR) is 49.7 cm³/mol. The maximum absolute atomic E-state index is 3.15. The number of nitrogens with one attached hydrogen (secondary N) is 1. The van der Waals surface area contributed by atoms with Crippen molar-refractivity contribution in [1.29, 1.82) is 0 Å². The Morgan fingerprint density at radius 3 is 1.82 bits per heavy atom. The van der Waals surface area contributed by atoms with Gasteiger partial charge in [0.15, 0.2) is 10.4 Å². The van der Waals surface area contributed by atoms with Crippen LogP contribution in [0.5, 0.6) is 0 Å². The van der Waals surface area contributed by atoms with E-state index in [9.17, 15) is 0 Å². The van der Waals surface area contributed by atoms with Crippen LogP contribution in [0, 0.1) is 0 Å². The summed E-state index contributed by atoms with van der Waals surface area (Å²) in [7, 11) is 3.15. The second kappa shape index (κ2) is 4.96. The van der Waals surface area contributed by atoms with Crippen LogP contribution in [0.2, 0.25) is 0 Å². The SMILES string of the molecule is C1CC1.[Si]Nc1ccccc1. The van der Waals surface area contributed by atoms with E-state index in [1.807, 2.05) is 30.3 Å². The first kappa shape index (κ1) is 8.33. The molecule has 1 aliphatic carbocycles. The quantitative estimate of drug-likeness (QED) is 0.625. The Bertz CT molecular complexity index is 181. The van der Waals surface area contributed by atoms with Gasteiger partial charge in [0, 0.05) is 5.69 Å². The first-order chi connectivity index (χ1) is 5.43. The maximum atomic E-state index is 3.15. The molecule has 0 aliphatic heterocycles. The summed E-state index contributed by atoms with van der Waals surface area (Å²) >= 11 is 0. The standard InChI is InChI=1S/C6H6NSi.C3H6/c8-7-6-4-2-1-3-5-6;1-2-3-1/h1-5,7H;1-3H2. The lowest BCUT2D eigenvalue weighted by Crippen LogP contribution is -1.87. The summed E-state index contributed by atoms with van der Waals surface area (Å²) in [5.41, 5.74) is 1.07. The van der Waals surface area contributed by atoms with Gasteiger partial charge in [0.25, 0.3) is 0 Å². The Labute approximate surface area is 71.3 Å². The molecule has 0 amide bonds. The fraction of sp³-hybridized carbons (Fsp3) is 0.333. The number of benzene rings is 1. The van der Waals surface area contributed by atoms with Gasteiger partial charge >= 0.3 is 0 Å². The van der Waals surface area contributed by atoms with Crippen molar-refractivity contribution in [2.45, 2.75) is 19.3 Å². The van der Waals surface area contributed by atoms with Gasteiger partial charge < -0.3 is 4.98 Å². The van der Waals surface area contributed by atoms with Gasteiger partial charge in [-0.3, -0.25) is 0 Å². The highest BCUT2D eigenvalue weighted by molar-refractivity contribution is 6.15. The zero-order valence-corrected chi connectivity index (χ0v) is 7.51. The highest BCUT2D eigenvalue weighted by atomic mass is 28.2. The van der Waals surface area contributed by atoms with Crippen LogP contribution < -0.4 is 4.98 Å². The smallest absolute Gasteiger partial charge is 0.186 e. The molecule has 0 heterocycles. The van der Waals surface area contributed by atoms with Crippen LogP contribution in [0.4, 0.5) is 5.69 Å². The summed E-state index contributed by atoms with van der Waals surface area (Å²) in [5, 5.41) is 0. The van der Waals surface area contributed by atoms with Crippen molar-refractivity contribution in [3.05, 3.63) is 30.3 Å². The Kier molecular flexibility index (Phi) is 3.76. The number of anilines is 1. The molecule has 1 aliphatic rings. The van der Waals surface area contributed by atoms with Crippen LogP contribution in [0.25, 0.3) is 0 Å². The van der Waals surface area contributed by atoms with Crippen LogP contribution in [-0.2, 0) is 0 Å². The van der Waals surface area contributed by atoms with E-state index in [0.29, 0.717) is 0 Å². The first-order valence-corrected chi connectivity index (χ1v) is 4.41. The van der Waals surface area contributed by atoms with E-state index in [2.05, 4.69) is 15.4 Å². The molecule has 57 valence electrons. The fourth-order valence-electron chi connectivity index (χ4n) is 0.521. The third kappa shape index (κ3) is 4.62. The monoisotopic (exact) mass is 162 g/mol. The number of para-hydroxylation sites is 1. The largest absolute Gasteiger partial charge is 0.413 e. The van der Waals surface area contributed by atoms with E-state index < -0.39 is 0 Å². The van der Waals surface area contributed by atoms with Gasteiger partial charge in [-0.15, -0.1) is 0 Å². The van der Waals surface area contributed by atoms with Gasteiger partial charge in [-0.25, -0.2) is 0 Å². The van der Waals surface area contributed by atoms with E-state index in [-0.39, 0.29) is 0 Å². The Morgan fingerprint density at radius 2 is 1.55 bits per heavy atom. The van der Waals surface area contributed by atoms with E-state index in [0.717, 1.165) is 5.69 Å². The molecule has 2 rings (SSSR count). The first-order valence-electron chi connectivity index (χ1n) is 3.91. The van der Waals surface area contributed by atoms with Gasteiger partial charge in [-0.05, 0) is 12.1 Å². The maximum Gasteiger partial charge on any atom is 0.186 e. The second-order valence-corrected chi connectivity index (χ2v) is 2.80. The molecule has 0 unspecified atom stereocenters. The molecule has 3 radical (unpaired) electrons. The van der Waals surface area contributed by atoms with Gasteiger partial charge in [0.1, 0.15) is 0 Å². The van der Waals surface area contributed by atoms with E-state index >= 15 is 0 Å². The van der Waals surface area contributed by atoms with Crippen molar-refractivity contribution in [1.82, 2.24) is 0 Å². The highest BCUT2D eigenvalue weighted by Crippen LogP contribution is 2.14. The van der Waals surface area contributed by atoms with Crippen molar-refractivity contribution in [2.75, 3.05) is 4.98 Å². The number of hydrogen-bond donors (Lipinski definition) is 1. The minimum Gasteiger partial charge on any atom is -0.413 e. The summed E-state index contributed by atoms with van der Waals surface area (Å²) in [6, 6.07) is 9.89. The summed E-state index contributed by atoms with van der Waals surface area (Å²) in [4.78, 5) is 2.83. The molecule has 0 atom stereocenters. The summed E-state index contributed by atoms with van der Waals surface area (Å²) in [6.07, 6.45) is 4.50. The molecular formula is C9H12NSi. The lowest BCUT2D eigenvalue weighted by molar-refractivity contribution is 1.50. The average Bonchev–Trinajstić information content (AvgIpc) is 2.92. The van der Waals surface area contributed by atoms with Gasteiger partial charge in [0.05, 0.1) is 0 Å². The normalized spacial score (nSPS) is 12.8. The zero-order valence-electron chi connectivity index (χ0n) is 6.51. The van der Waals surface area contributed by atoms with Crippen molar-refractivity contribution in [3.8, 4) is 0 Å². The van der Waals surface area contributed by atoms with E-state index in [1.165, 1.54) is 19.3 Å². The van der Waals surface area contributed by atoms with Crippen molar-refractivity contribution in [3.63, 3.8) is 0 Å². The van der Waals surface area contributed by atoms with E-state index in [1.54, 1.807) is 0 Å². The molecule has 2 heteroatoms. The molecule has 0 spiro atoms. The minimum absolute atomic E-state index is 1.07. The van der Waals surface area contributed by atoms with Crippen LogP contribution in [0.15, 0.2) is 30.3 Å². The number of rotatable bonds is 1. The van der Waals surface area contributed by atoms with E-state index in [4.69, 9.17) is 0 Å². The number of hydrogen-bond acceptors (Lipinski definition) is 1. The molecule has 0 bridgehead atoms. The highest BCUT2D eigenvalue weighted by Gasteiger charge is 1.95. The second-order valence-electron chi connectivity index (χ2n) is 2.55. The van der Waals surface area contributed by atoms with Crippen LogP contribution in [-0.4, -0.2) is 10.4 Å². The topological polar surface area (TPSA) is 12.0 Å². The van der Waals surface area contributed by atoms with Crippen molar-refractivity contribution < 1.29 is 0 Å². The van der Waals surface area contributed by atoms with Crippen molar-refractivity contribution in [2.24, 2.45) is 0 Å². The Morgan fingerprint density at radius 1 is 1.00 bits per heavy atom. The molecule has 1 N–H and O–H groups in total. The molecule has 0 aromatic heterocycles. The predicted octanol–water partition coefficient (Wildman–Crippen LogP) is 2.35. The summed E-state index contributed by atoms with van der Waals surface area (Å²) in [6.45, 7) is 0. The lowest BCUT2D eigenvalue weighted by atomic mass is 10.3. The molecule has 0 saturated heterocycles. The molecule has 1 fully saturated rings. The summed E-state index contributed by atoms with van der Waals surface area (Å²) < 4.78 is 0. The summed E-state index contributed by atoms with van der Waals surface area (Å²) in [5.74, 6) is 0. The Balaban J connectivity index is 0.000000167. The zero-order chi connectivity index (χ0) is 7.94. The van der Waals surface area contributed by atoms with Crippen LogP contribution in [0.1, 0.15) is 19.3 Å². The van der Waals surface area contributed by atoms with Crippen molar-refractivity contribution >= 4 is 16.1 Å². The molecule has 1 nitrogen and oxygen atoms in total. The fourth-order valence-corrected chi connectivity index (χ4v) is 0.688. The molecular weight excluding hydrogens is 150 g/mol. The third-order valence-corrected chi connectivity index (χ3v) is 1.56. The van der Waals surface area contributed by atoms with Gasteiger partial charge in [-0.1, -0.05) is 37.5 Å². The molecule has 1 aromatic rings. The molecule has 11 heavy (non-hydrogen) atoms. The minimum atomic E-state index is 1.07. The lowest BCUT2D eigenvalue weighted by Gasteiger charge is -1.93. The average molecular weight is 162 g/mol. The van der Waals surface area contributed by atoms with Crippen LogP contribution in [0.3, 0.4) is 0 Å². The third-order valence-electron chi connectivity index (χ3n) is 1.27. The molecule has 1 saturated carbocycles. The van der Waals surface area contributed by atoms with Crippen LogP contribution >= 0.6 is 0 Å². The molecule has 1 aromatic carbocycles.